The summed E-state index contributed by atoms with van der Waals surface area (Å²) in [6.45, 7) is 7.81. The molecule has 0 aliphatic rings. The van der Waals surface area contributed by atoms with Gasteiger partial charge in [0.2, 0.25) is 0 Å². The van der Waals surface area contributed by atoms with E-state index in [4.69, 9.17) is 4.42 Å². The van der Waals surface area contributed by atoms with E-state index in [0.29, 0.717) is 5.76 Å². The normalized spacial score (nSPS) is 11.4. The molecule has 0 bridgehead atoms. The number of amides is 1. The van der Waals surface area contributed by atoms with Gasteiger partial charge in [-0.15, -0.1) is 0 Å². The highest BCUT2D eigenvalue weighted by Gasteiger charge is 2.17. The minimum absolute atomic E-state index is 0.155. The molecule has 1 rings (SSSR count). The number of hydrogen-bond acceptors (Lipinski definition) is 2. The van der Waals surface area contributed by atoms with E-state index >= 15 is 0 Å². The molecule has 0 radical (unpaired) electrons. The summed E-state index contributed by atoms with van der Waals surface area (Å²) in [6, 6.07) is 3.54. The van der Waals surface area contributed by atoms with Gasteiger partial charge in [0.05, 0.1) is 0 Å². The molecule has 1 aromatic rings. The Morgan fingerprint density at radius 1 is 1.43 bits per heavy atom. The lowest BCUT2D eigenvalue weighted by Crippen LogP contribution is -2.40. The summed E-state index contributed by atoms with van der Waals surface area (Å²) in [5.74, 6) is 1.07. The summed E-state index contributed by atoms with van der Waals surface area (Å²) in [4.78, 5) is 11.6. The first-order valence-corrected chi connectivity index (χ1v) is 4.83. The van der Waals surface area contributed by atoms with Gasteiger partial charge in [-0.3, -0.25) is 4.79 Å². The number of hydrogen-bond donors (Lipinski definition) is 1. The van der Waals surface area contributed by atoms with Crippen molar-refractivity contribution < 1.29 is 9.21 Å². The van der Waals surface area contributed by atoms with Gasteiger partial charge < -0.3 is 9.73 Å². The van der Waals surface area contributed by atoms with Gasteiger partial charge in [0, 0.05) is 12.0 Å². The van der Waals surface area contributed by atoms with E-state index < -0.39 is 0 Å². The molecule has 3 nitrogen and oxygen atoms in total. The van der Waals surface area contributed by atoms with Crippen molar-refractivity contribution in [1.29, 1.82) is 0 Å². The van der Waals surface area contributed by atoms with Gasteiger partial charge in [-0.2, -0.15) is 0 Å². The van der Waals surface area contributed by atoms with E-state index in [1.807, 2.05) is 33.8 Å². The van der Waals surface area contributed by atoms with Gasteiger partial charge in [0.15, 0.2) is 5.76 Å². The van der Waals surface area contributed by atoms with Crippen LogP contribution >= 0.6 is 0 Å². The van der Waals surface area contributed by atoms with Crippen LogP contribution in [0.4, 0.5) is 0 Å². The smallest absolute Gasteiger partial charge is 0.287 e. The minimum Gasteiger partial charge on any atom is -0.456 e. The SMILES string of the molecule is CCc1ccc(C(=O)NC(C)(C)C)o1. The minimum atomic E-state index is -0.226. The summed E-state index contributed by atoms with van der Waals surface area (Å²) >= 11 is 0. The van der Waals surface area contributed by atoms with Crippen LogP contribution in [0.2, 0.25) is 0 Å². The molecule has 0 saturated carbocycles. The molecule has 1 aromatic heterocycles. The Bertz CT molecular complexity index is 320. The zero-order valence-corrected chi connectivity index (χ0v) is 9.18. The van der Waals surface area contributed by atoms with Crippen LogP contribution in [0.15, 0.2) is 16.5 Å². The molecule has 0 atom stereocenters. The highest BCUT2D eigenvalue weighted by molar-refractivity contribution is 5.91. The average Bonchev–Trinajstić information content (AvgIpc) is 2.48. The summed E-state index contributed by atoms with van der Waals surface area (Å²) in [7, 11) is 0. The van der Waals surface area contributed by atoms with Gasteiger partial charge in [0.1, 0.15) is 5.76 Å². The van der Waals surface area contributed by atoms with Crippen molar-refractivity contribution in [2.45, 2.75) is 39.7 Å². The Hall–Kier alpha value is -1.25. The molecule has 0 aliphatic carbocycles. The first-order chi connectivity index (χ1) is 6.42. The number of carbonyl (C=O) groups is 1. The molecule has 0 aromatic carbocycles. The van der Waals surface area contributed by atoms with Crippen LogP contribution in [0.1, 0.15) is 44.0 Å². The third kappa shape index (κ3) is 2.91. The standard InChI is InChI=1S/C11H17NO2/c1-5-8-6-7-9(14-8)10(13)12-11(2,3)4/h6-7H,5H2,1-4H3,(H,12,13). The van der Waals surface area contributed by atoms with Gasteiger partial charge in [-0.05, 0) is 32.9 Å². The molecular weight excluding hydrogens is 178 g/mol. The van der Waals surface area contributed by atoms with E-state index in [2.05, 4.69) is 5.32 Å². The molecule has 0 fully saturated rings. The van der Waals surface area contributed by atoms with Crippen LogP contribution < -0.4 is 5.32 Å². The molecule has 14 heavy (non-hydrogen) atoms. The quantitative estimate of drug-likeness (QED) is 0.787. The molecule has 78 valence electrons. The van der Waals surface area contributed by atoms with Gasteiger partial charge in [-0.25, -0.2) is 0 Å². The molecular formula is C11H17NO2. The number of rotatable bonds is 2. The van der Waals surface area contributed by atoms with Gasteiger partial charge >= 0.3 is 0 Å². The summed E-state index contributed by atoms with van der Waals surface area (Å²) in [6.07, 6.45) is 0.808. The first kappa shape index (κ1) is 10.8. The van der Waals surface area contributed by atoms with E-state index in [1.165, 1.54) is 0 Å². The van der Waals surface area contributed by atoms with E-state index in [0.717, 1.165) is 12.2 Å². The van der Waals surface area contributed by atoms with Crippen molar-refractivity contribution in [3.8, 4) is 0 Å². The van der Waals surface area contributed by atoms with E-state index in [9.17, 15) is 4.79 Å². The second kappa shape index (κ2) is 3.86. The summed E-state index contributed by atoms with van der Waals surface area (Å²) in [5.41, 5.74) is -0.226. The van der Waals surface area contributed by atoms with Crippen LogP contribution in [0.25, 0.3) is 0 Å². The molecule has 1 amide bonds. The fourth-order valence-corrected chi connectivity index (χ4v) is 1.09. The Morgan fingerprint density at radius 3 is 2.50 bits per heavy atom. The maximum absolute atomic E-state index is 11.6. The maximum Gasteiger partial charge on any atom is 0.287 e. The van der Waals surface area contributed by atoms with Gasteiger partial charge in [-0.1, -0.05) is 6.92 Å². The third-order valence-corrected chi connectivity index (χ3v) is 1.72. The molecule has 3 heteroatoms. The largest absolute Gasteiger partial charge is 0.456 e. The highest BCUT2D eigenvalue weighted by Crippen LogP contribution is 2.10. The fraction of sp³-hybridized carbons (Fsp3) is 0.545. The predicted octanol–water partition coefficient (Wildman–Crippen LogP) is 2.37. The summed E-state index contributed by atoms with van der Waals surface area (Å²) < 4.78 is 5.33. The zero-order chi connectivity index (χ0) is 10.8. The molecule has 1 heterocycles. The second-order valence-electron chi connectivity index (χ2n) is 4.32. The average molecular weight is 195 g/mol. The molecule has 1 N–H and O–H groups in total. The lowest BCUT2D eigenvalue weighted by Gasteiger charge is -2.19. The van der Waals surface area contributed by atoms with Crippen LogP contribution in [-0.2, 0) is 6.42 Å². The highest BCUT2D eigenvalue weighted by atomic mass is 16.3. The van der Waals surface area contributed by atoms with Crippen LogP contribution in [0, 0.1) is 0 Å². The topological polar surface area (TPSA) is 42.2 Å². The zero-order valence-electron chi connectivity index (χ0n) is 9.18. The number of nitrogens with one attached hydrogen (secondary N) is 1. The van der Waals surface area contributed by atoms with Crippen LogP contribution in [0.3, 0.4) is 0 Å². The molecule has 0 aliphatic heterocycles. The van der Waals surface area contributed by atoms with E-state index in [1.54, 1.807) is 6.07 Å². The maximum atomic E-state index is 11.6. The monoisotopic (exact) mass is 195 g/mol. The van der Waals surface area contributed by atoms with Crippen molar-refractivity contribution in [1.82, 2.24) is 5.32 Å². The first-order valence-electron chi connectivity index (χ1n) is 4.83. The van der Waals surface area contributed by atoms with Crippen LogP contribution in [0.5, 0.6) is 0 Å². The molecule has 0 unspecified atom stereocenters. The van der Waals surface area contributed by atoms with Crippen molar-refractivity contribution in [3.63, 3.8) is 0 Å². The summed E-state index contributed by atoms with van der Waals surface area (Å²) in [5, 5.41) is 2.84. The molecule has 0 saturated heterocycles. The Morgan fingerprint density at radius 2 is 2.07 bits per heavy atom. The van der Waals surface area contributed by atoms with E-state index in [-0.39, 0.29) is 11.4 Å². The van der Waals surface area contributed by atoms with Crippen LogP contribution in [-0.4, -0.2) is 11.4 Å². The Balaban J connectivity index is 2.70. The van der Waals surface area contributed by atoms with Crippen molar-refractivity contribution in [3.05, 3.63) is 23.7 Å². The van der Waals surface area contributed by atoms with Gasteiger partial charge in [0.25, 0.3) is 5.91 Å². The second-order valence-corrected chi connectivity index (χ2v) is 4.32. The number of aryl methyl sites for hydroxylation is 1. The Labute approximate surface area is 84.5 Å². The lowest BCUT2D eigenvalue weighted by atomic mass is 10.1. The predicted molar refractivity (Wildman–Crippen MR) is 55.3 cm³/mol. The van der Waals surface area contributed by atoms with Crippen molar-refractivity contribution >= 4 is 5.91 Å². The third-order valence-electron chi connectivity index (χ3n) is 1.72. The fourth-order valence-electron chi connectivity index (χ4n) is 1.09. The molecule has 0 spiro atoms. The lowest BCUT2D eigenvalue weighted by molar-refractivity contribution is 0.0889. The van der Waals surface area contributed by atoms with Crippen molar-refractivity contribution in [2.24, 2.45) is 0 Å². The number of furan rings is 1. The Kier molecular flexibility index (Phi) is 2.99. The van der Waals surface area contributed by atoms with Crippen molar-refractivity contribution in [2.75, 3.05) is 0 Å². The number of carbonyl (C=O) groups excluding carboxylic acids is 1.